The Bertz CT molecular complexity index is 336. The van der Waals surface area contributed by atoms with E-state index >= 15 is 0 Å². The quantitative estimate of drug-likeness (QED) is 0.594. The van der Waals surface area contributed by atoms with E-state index in [2.05, 4.69) is 32.3 Å². The molecular formula is C13H22N2O. The van der Waals surface area contributed by atoms with Crippen molar-refractivity contribution in [2.24, 2.45) is 11.3 Å². The molecule has 0 saturated heterocycles. The third-order valence-electron chi connectivity index (χ3n) is 3.31. The molecule has 0 saturated carbocycles. The topological polar surface area (TPSA) is 47.3 Å². The molecule has 0 heterocycles. The number of nitrogens with one attached hydrogen (secondary N) is 1. The first-order valence-electron chi connectivity index (χ1n) is 5.66. The van der Waals surface area contributed by atoms with Gasteiger partial charge in [-0.05, 0) is 17.9 Å². The van der Waals surface area contributed by atoms with E-state index in [-0.39, 0.29) is 11.5 Å². The molecule has 0 aromatic heterocycles. The second-order valence-corrected chi connectivity index (χ2v) is 4.68. The lowest BCUT2D eigenvalue weighted by molar-refractivity contribution is 0.230. The predicted molar refractivity (Wildman–Crippen MR) is 67.1 cm³/mol. The zero-order chi connectivity index (χ0) is 12.2. The fourth-order valence-corrected chi connectivity index (χ4v) is 1.85. The minimum Gasteiger partial charge on any atom is -0.496 e. The van der Waals surface area contributed by atoms with Gasteiger partial charge < -0.3 is 4.74 Å². The van der Waals surface area contributed by atoms with Gasteiger partial charge in [-0.3, -0.25) is 11.3 Å². The molecule has 16 heavy (non-hydrogen) atoms. The lowest BCUT2D eigenvalue weighted by Crippen LogP contribution is -2.38. The molecule has 0 spiro atoms. The van der Waals surface area contributed by atoms with Crippen molar-refractivity contribution in [1.29, 1.82) is 0 Å². The van der Waals surface area contributed by atoms with Crippen LogP contribution < -0.4 is 16.0 Å². The van der Waals surface area contributed by atoms with E-state index in [4.69, 9.17) is 10.6 Å². The first-order chi connectivity index (χ1) is 7.56. The minimum atomic E-state index is 0.0867. The first-order valence-corrected chi connectivity index (χ1v) is 5.66. The molecule has 0 aliphatic rings. The van der Waals surface area contributed by atoms with Gasteiger partial charge in [0.2, 0.25) is 0 Å². The van der Waals surface area contributed by atoms with Crippen molar-refractivity contribution in [3.63, 3.8) is 0 Å². The summed E-state index contributed by atoms with van der Waals surface area (Å²) in [7, 11) is 1.69. The number of ether oxygens (including phenoxy) is 1. The summed E-state index contributed by atoms with van der Waals surface area (Å²) in [5, 5.41) is 0. The van der Waals surface area contributed by atoms with Gasteiger partial charge in [-0.2, -0.15) is 0 Å². The normalized spacial score (nSPS) is 13.6. The summed E-state index contributed by atoms with van der Waals surface area (Å²) < 4.78 is 5.37. The molecule has 1 rings (SSSR count). The molecule has 0 fully saturated rings. The lowest BCUT2D eigenvalue weighted by Gasteiger charge is -2.34. The predicted octanol–water partition coefficient (Wildman–Crippen LogP) is 2.64. The minimum absolute atomic E-state index is 0.0867. The van der Waals surface area contributed by atoms with Crippen LogP contribution in [0, 0.1) is 5.41 Å². The number of nitrogens with two attached hydrogens (primary N) is 1. The Morgan fingerprint density at radius 1 is 1.38 bits per heavy atom. The Balaban J connectivity index is 3.13. The number of hydrogen-bond acceptors (Lipinski definition) is 3. The Morgan fingerprint density at radius 2 is 2.00 bits per heavy atom. The third-order valence-corrected chi connectivity index (χ3v) is 3.31. The Labute approximate surface area is 98.0 Å². The average molecular weight is 222 g/mol. The molecule has 1 aromatic carbocycles. The lowest BCUT2D eigenvalue weighted by atomic mass is 9.78. The van der Waals surface area contributed by atoms with E-state index in [0.717, 1.165) is 17.7 Å². The van der Waals surface area contributed by atoms with Gasteiger partial charge in [0.25, 0.3) is 0 Å². The highest BCUT2D eigenvalue weighted by molar-refractivity contribution is 5.36. The molecule has 0 radical (unpaired) electrons. The zero-order valence-corrected chi connectivity index (χ0v) is 10.6. The van der Waals surface area contributed by atoms with Gasteiger partial charge in [-0.15, -0.1) is 0 Å². The van der Waals surface area contributed by atoms with E-state index < -0.39 is 0 Å². The van der Waals surface area contributed by atoms with E-state index in [0.29, 0.717) is 0 Å². The molecule has 1 unspecified atom stereocenters. The summed E-state index contributed by atoms with van der Waals surface area (Å²) in [6.07, 6.45) is 1.04. The molecule has 3 heteroatoms. The van der Waals surface area contributed by atoms with E-state index in [9.17, 15) is 0 Å². The SMILES string of the molecule is CCC(C)(C)C(NN)c1ccccc1OC. The van der Waals surface area contributed by atoms with Crippen molar-refractivity contribution < 1.29 is 4.74 Å². The zero-order valence-electron chi connectivity index (χ0n) is 10.6. The smallest absolute Gasteiger partial charge is 0.123 e. The second-order valence-electron chi connectivity index (χ2n) is 4.68. The maximum absolute atomic E-state index is 5.68. The number of methoxy groups -OCH3 is 1. The molecule has 1 atom stereocenters. The molecule has 3 N–H and O–H groups in total. The highest BCUT2D eigenvalue weighted by Gasteiger charge is 2.30. The monoisotopic (exact) mass is 222 g/mol. The van der Waals surface area contributed by atoms with Crippen molar-refractivity contribution in [3.8, 4) is 5.75 Å². The van der Waals surface area contributed by atoms with Crippen molar-refractivity contribution in [3.05, 3.63) is 29.8 Å². The van der Waals surface area contributed by atoms with Gasteiger partial charge in [0.1, 0.15) is 5.75 Å². The molecule has 3 nitrogen and oxygen atoms in total. The Morgan fingerprint density at radius 3 is 2.50 bits per heavy atom. The Hall–Kier alpha value is -1.06. The van der Waals surface area contributed by atoms with Crippen LogP contribution >= 0.6 is 0 Å². The van der Waals surface area contributed by atoms with Crippen LogP contribution in [0.15, 0.2) is 24.3 Å². The molecule has 0 amide bonds. The molecule has 0 aliphatic carbocycles. The molecule has 0 bridgehead atoms. The summed E-state index contributed by atoms with van der Waals surface area (Å²) in [6, 6.07) is 8.09. The average Bonchev–Trinajstić information content (AvgIpc) is 2.30. The Kier molecular flexibility index (Phi) is 4.33. The number of rotatable bonds is 5. The number of benzene rings is 1. The van der Waals surface area contributed by atoms with Crippen LogP contribution in [0.25, 0.3) is 0 Å². The van der Waals surface area contributed by atoms with E-state index in [1.165, 1.54) is 0 Å². The summed E-state index contributed by atoms with van der Waals surface area (Å²) in [5.41, 5.74) is 4.10. The van der Waals surface area contributed by atoms with Crippen molar-refractivity contribution in [1.82, 2.24) is 5.43 Å². The third kappa shape index (κ3) is 2.54. The van der Waals surface area contributed by atoms with Crippen LogP contribution in [0.5, 0.6) is 5.75 Å². The van der Waals surface area contributed by atoms with Gasteiger partial charge in [0, 0.05) is 5.56 Å². The van der Waals surface area contributed by atoms with Gasteiger partial charge in [-0.1, -0.05) is 39.0 Å². The maximum atomic E-state index is 5.68. The summed E-state index contributed by atoms with van der Waals surface area (Å²) in [6.45, 7) is 6.56. The van der Waals surface area contributed by atoms with Crippen LogP contribution in [0.4, 0.5) is 0 Å². The second kappa shape index (κ2) is 5.32. The maximum Gasteiger partial charge on any atom is 0.123 e. The van der Waals surface area contributed by atoms with Crippen LogP contribution in [0.3, 0.4) is 0 Å². The highest BCUT2D eigenvalue weighted by Crippen LogP contribution is 2.39. The standard InChI is InChI=1S/C13H22N2O/c1-5-13(2,3)12(15-14)10-8-6-7-9-11(10)16-4/h6-9,12,15H,5,14H2,1-4H3. The van der Waals surface area contributed by atoms with Crippen LogP contribution in [-0.4, -0.2) is 7.11 Å². The number of hydrogen-bond donors (Lipinski definition) is 2. The van der Waals surface area contributed by atoms with Crippen molar-refractivity contribution >= 4 is 0 Å². The largest absolute Gasteiger partial charge is 0.496 e. The summed E-state index contributed by atoms with van der Waals surface area (Å²) in [4.78, 5) is 0. The van der Waals surface area contributed by atoms with E-state index in [1.807, 2.05) is 18.2 Å². The van der Waals surface area contributed by atoms with Gasteiger partial charge >= 0.3 is 0 Å². The van der Waals surface area contributed by atoms with Crippen LogP contribution in [-0.2, 0) is 0 Å². The van der Waals surface area contributed by atoms with Gasteiger partial charge in [0.15, 0.2) is 0 Å². The molecule has 90 valence electrons. The van der Waals surface area contributed by atoms with Gasteiger partial charge in [0.05, 0.1) is 13.2 Å². The highest BCUT2D eigenvalue weighted by atomic mass is 16.5. The summed E-state index contributed by atoms with van der Waals surface area (Å²) in [5.74, 6) is 6.57. The molecule has 1 aromatic rings. The number of hydrazine groups is 1. The molecular weight excluding hydrogens is 200 g/mol. The first kappa shape index (κ1) is 13.0. The summed E-state index contributed by atoms with van der Waals surface area (Å²) >= 11 is 0. The van der Waals surface area contributed by atoms with Crippen molar-refractivity contribution in [2.75, 3.05) is 7.11 Å². The van der Waals surface area contributed by atoms with Crippen molar-refractivity contribution in [2.45, 2.75) is 33.2 Å². The van der Waals surface area contributed by atoms with E-state index in [1.54, 1.807) is 7.11 Å². The van der Waals surface area contributed by atoms with Gasteiger partial charge in [-0.25, -0.2) is 0 Å². The van der Waals surface area contributed by atoms with Crippen LogP contribution in [0.1, 0.15) is 38.8 Å². The fourth-order valence-electron chi connectivity index (χ4n) is 1.85. The molecule has 0 aliphatic heterocycles. The fraction of sp³-hybridized carbons (Fsp3) is 0.538. The van der Waals surface area contributed by atoms with Crippen LogP contribution in [0.2, 0.25) is 0 Å². The number of para-hydroxylation sites is 1.